The summed E-state index contributed by atoms with van der Waals surface area (Å²) in [7, 11) is -3.48. The standard InChI is InChI=1S/C14H27ClNO6PS/c1-7-20-23(19,21-8-2)10(3)16-12(17)11(9-15)24-13(18)22-14(4,5)6/h10-11H,7-9H2,1-6H3,(H,16,17)/t10?,11-/m0/s1. The molecule has 0 saturated heterocycles. The summed E-state index contributed by atoms with van der Waals surface area (Å²) in [4.78, 5) is 24.1. The average molecular weight is 404 g/mol. The topological polar surface area (TPSA) is 90.9 Å². The lowest BCUT2D eigenvalue weighted by Crippen LogP contribution is -2.40. The summed E-state index contributed by atoms with van der Waals surface area (Å²) in [5, 5.41) is 1.07. The first-order chi connectivity index (χ1) is 11.0. The molecule has 0 bridgehead atoms. The van der Waals surface area contributed by atoms with E-state index in [4.69, 9.17) is 25.4 Å². The normalized spacial score (nSPS) is 14.8. The van der Waals surface area contributed by atoms with E-state index in [9.17, 15) is 14.2 Å². The van der Waals surface area contributed by atoms with Crippen LogP contribution in [-0.2, 0) is 23.1 Å². The van der Waals surface area contributed by atoms with Gasteiger partial charge in [-0.05, 0) is 53.3 Å². The van der Waals surface area contributed by atoms with Crippen molar-refractivity contribution in [2.24, 2.45) is 0 Å². The molecule has 1 N–H and O–H groups in total. The number of alkyl halides is 1. The van der Waals surface area contributed by atoms with E-state index >= 15 is 0 Å². The second-order valence-corrected chi connectivity index (χ2v) is 9.60. The van der Waals surface area contributed by atoms with Crippen molar-refractivity contribution in [1.82, 2.24) is 5.32 Å². The minimum absolute atomic E-state index is 0.101. The summed E-state index contributed by atoms with van der Waals surface area (Å²) >= 11 is 6.46. The smallest absolute Gasteiger partial charge is 0.368 e. The van der Waals surface area contributed by atoms with Crippen molar-refractivity contribution in [3.05, 3.63) is 0 Å². The number of carbonyl (C=O) groups excluding carboxylic acids is 2. The monoisotopic (exact) mass is 403 g/mol. The average Bonchev–Trinajstić information content (AvgIpc) is 2.43. The number of carbonyl (C=O) groups is 2. The van der Waals surface area contributed by atoms with Gasteiger partial charge in [-0.3, -0.25) is 9.36 Å². The van der Waals surface area contributed by atoms with Crippen molar-refractivity contribution >= 4 is 42.2 Å². The second-order valence-electron chi connectivity index (χ2n) is 5.79. The van der Waals surface area contributed by atoms with E-state index in [0.717, 1.165) is 0 Å². The third kappa shape index (κ3) is 8.72. The highest BCUT2D eigenvalue weighted by Crippen LogP contribution is 2.51. The lowest BCUT2D eigenvalue weighted by Gasteiger charge is -2.25. The van der Waals surface area contributed by atoms with Crippen LogP contribution in [-0.4, -0.2) is 46.9 Å². The van der Waals surface area contributed by atoms with Gasteiger partial charge < -0.3 is 19.1 Å². The molecule has 0 aromatic rings. The van der Waals surface area contributed by atoms with Crippen LogP contribution in [0.15, 0.2) is 0 Å². The van der Waals surface area contributed by atoms with Gasteiger partial charge in [-0.2, -0.15) is 0 Å². The van der Waals surface area contributed by atoms with E-state index in [1.807, 2.05) is 0 Å². The van der Waals surface area contributed by atoms with Crippen LogP contribution in [0.5, 0.6) is 0 Å². The molecule has 0 aromatic heterocycles. The zero-order chi connectivity index (χ0) is 19.0. The lowest BCUT2D eigenvalue weighted by atomic mass is 10.2. The molecule has 0 rings (SSSR count). The molecule has 0 aliphatic heterocycles. The third-order valence-electron chi connectivity index (χ3n) is 2.50. The Balaban J connectivity index is 4.85. The largest absolute Gasteiger partial charge is 0.452 e. The van der Waals surface area contributed by atoms with Gasteiger partial charge >= 0.3 is 12.9 Å². The SMILES string of the molecule is CCOP(=O)(OCC)C(C)NC(=O)[C@H](CCl)SC(=O)OC(C)(C)C. The van der Waals surface area contributed by atoms with Crippen LogP contribution in [0, 0.1) is 0 Å². The fourth-order valence-corrected chi connectivity index (χ4v) is 4.17. The highest BCUT2D eigenvalue weighted by Gasteiger charge is 2.35. The molecular weight excluding hydrogens is 377 g/mol. The van der Waals surface area contributed by atoms with Crippen LogP contribution >= 0.6 is 31.0 Å². The van der Waals surface area contributed by atoms with Crippen molar-refractivity contribution in [3.63, 3.8) is 0 Å². The minimum atomic E-state index is -3.48. The van der Waals surface area contributed by atoms with E-state index in [2.05, 4.69) is 5.32 Å². The number of thioether (sulfide) groups is 1. The van der Waals surface area contributed by atoms with E-state index in [-0.39, 0.29) is 19.1 Å². The number of ether oxygens (including phenoxy) is 1. The molecule has 1 unspecified atom stereocenters. The molecule has 1 amide bonds. The highest BCUT2D eigenvalue weighted by molar-refractivity contribution is 8.14. The zero-order valence-electron chi connectivity index (χ0n) is 15.0. The fraction of sp³-hybridized carbons (Fsp3) is 0.857. The Labute approximate surface area is 153 Å². The van der Waals surface area contributed by atoms with Crippen LogP contribution in [0.1, 0.15) is 41.5 Å². The first kappa shape index (κ1) is 23.7. The highest BCUT2D eigenvalue weighted by atomic mass is 35.5. The van der Waals surface area contributed by atoms with Gasteiger partial charge in [0, 0.05) is 5.88 Å². The number of nitrogens with one attached hydrogen (secondary N) is 1. The van der Waals surface area contributed by atoms with Crippen LogP contribution in [0.25, 0.3) is 0 Å². The van der Waals surface area contributed by atoms with Gasteiger partial charge in [0.1, 0.15) is 16.6 Å². The molecular formula is C14H27ClNO6PS. The molecule has 0 spiro atoms. The van der Waals surface area contributed by atoms with Crippen molar-refractivity contribution in [2.75, 3.05) is 19.1 Å². The molecule has 0 aliphatic carbocycles. The van der Waals surface area contributed by atoms with E-state index in [1.54, 1.807) is 34.6 Å². The first-order valence-electron chi connectivity index (χ1n) is 7.63. The van der Waals surface area contributed by atoms with Gasteiger partial charge in [-0.25, -0.2) is 4.79 Å². The van der Waals surface area contributed by atoms with Gasteiger partial charge in [-0.15, -0.1) is 11.6 Å². The van der Waals surface area contributed by atoms with Crippen molar-refractivity contribution in [1.29, 1.82) is 0 Å². The molecule has 10 heteroatoms. The van der Waals surface area contributed by atoms with Gasteiger partial charge in [-0.1, -0.05) is 0 Å². The summed E-state index contributed by atoms with van der Waals surface area (Å²) in [5.41, 5.74) is -0.662. The first-order valence-corrected chi connectivity index (χ1v) is 10.7. The molecule has 0 aromatic carbocycles. The lowest BCUT2D eigenvalue weighted by molar-refractivity contribution is -0.120. The van der Waals surface area contributed by atoms with Crippen molar-refractivity contribution in [3.8, 4) is 0 Å². The summed E-state index contributed by atoms with van der Waals surface area (Å²) in [6.45, 7) is 10.4. The Bertz CT molecular complexity index is 461. The Hall–Kier alpha value is -0.270. The van der Waals surface area contributed by atoms with Gasteiger partial charge in [0.05, 0.1) is 13.2 Å². The second kappa shape index (κ2) is 10.7. The molecule has 0 heterocycles. The summed E-state index contributed by atoms with van der Waals surface area (Å²) in [6.07, 6.45) is 0. The number of rotatable bonds is 9. The molecule has 0 saturated carbocycles. The molecule has 0 fully saturated rings. The minimum Gasteiger partial charge on any atom is -0.452 e. The maximum atomic E-state index is 12.6. The fourth-order valence-electron chi connectivity index (χ4n) is 1.54. The van der Waals surface area contributed by atoms with Crippen LogP contribution in [0.3, 0.4) is 0 Å². The summed E-state index contributed by atoms with van der Waals surface area (Å²) < 4.78 is 28.1. The predicted molar refractivity (Wildman–Crippen MR) is 96.8 cm³/mol. The predicted octanol–water partition coefficient (Wildman–Crippen LogP) is 3.99. The third-order valence-corrected chi connectivity index (χ3v) is 6.25. The molecule has 7 nitrogen and oxygen atoms in total. The summed E-state index contributed by atoms with van der Waals surface area (Å²) in [5.74, 6) is -1.50. The van der Waals surface area contributed by atoms with Crippen LogP contribution in [0.4, 0.5) is 4.79 Å². The van der Waals surface area contributed by atoms with Crippen LogP contribution < -0.4 is 5.32 Å². The van der Waals surface area contributed by atoms with E-state index in [0.29, 0.717) is 11.8 Å². The quantitative estimate of drug-likeness (QED) is 0.353. The van der Waals surface area contributed by atoms with Gasteiger partial charge in [0.15, 0.2) is 0 Å². The Kier molecular flexibility index (Phi) is 10.5. The maximum Gasteiger partial charge on any atom is 0.368 e. The zero-order valence-corrected chi connectivity index (χ0v) is 17.4. The number of hydrogen-bond acceptors (Lipinski definition) is 7. The molecule has 0 radical (unpaired) electrons. The number of hydrogen-bond donors (Lipinski definition) is 1. The Morgan fingerprint density at radius 1 is 1.21 bits per heavy atom. The van der Waals surface area contributed by atoms with Crippen molar-refractivity contribution < 1.29 is 27.9 Å². The molecule has 142 valence electrons. The van der Waals surface area contributed by atoms with E-state index < -0.39 is 35.4 Å². The van der Waals surface area contributed by atoms with Gasteiger partial charge in [0.25, 0.3) is 0 Å². The number of halogens is 1. The van der Waals surface area contributed by atoms with Crippen LogP contribution in [0.2, 0.25) is 0 Å². The number of amides is 1. The molecule has 2 atom stereocenters. The molecule has 24 heavy (non-hydrogen) atoms. The van der Waals surface area contributed by atoms with E-state index in [1.165, 1.54) is 6.92 Å². The Morgan fingerprint density at radius 3 is 2.08 bits per heavy atom. The van der Waals surface area contributed by atoms with Gasteiger partial charge in [0.2, 0.25) is 5.91 Å². The summed E-state index contributed by atoms with van der Waals surface area (Å²) in [6, 6.07) is 0. The van der Waals surface area contributed by atoms with Crippen molar-refractivity contribution in [2.45, 2.75) is 58.2 Å². The molecule has 0 aliphatic rings. The Morgan fingerprint density at radius 2 is 1.71 bits per heavy atom. The maximum absolute atomic E-state index is 12.6.